The molecule has 0 unspecified atom stereocenters. The third-order valence-electron chi connectivity index (χ3n) is 6.14. The summed E-state index contributed by atoms with van der Waals surface area (Å²) in [6.45, 7) is 4.53. The smallest absolute Gasteiger partial charge is 0.252 e. The predicted molar refractivity (Wildman–Crippen MR) is 136 cm³/mol. The van der Waals surface area contributed by atoms with Gasteiger partial charge < -0.3 is 5.32 Å². The van der Waals surface area contributed by atoms with Crippen LogP contribution < -0.4 is 5.32 Å². The number of nitrogens with zero attached hydrogens (tertiary/aromatic N) is 3. The van der Waals surface area contributed by atoms with Crippen LogP contribution in [-0.2, 0) is 6.42 Å². The maximum absolute atomic E-state index is 13.4. The number of hydrogen-bond acceptors (Lipinski definition) is 3. The van der Waals surface area contributed by atoms with Gasteiger partial charge in [0.1, 0.15) is 5.82 Å². The summed E-state index contributed by atoms with van der Waals surface area (Å²) in [4.78, 5) is 18.0. The van der Waals surface area contributed by atoms with Gasteiger partial charge in [0.05, 0.1) is 34.4 Å². The number of carbonyl (C=O) groups is 1. The second-order valence-corrected chi connectivity index (χ2v) is 8.60. The molecule has 0 spiro atoms. The Balaban J connectivity index is 1.45. The minimum atomic E-state index is -0.298. The summed E-state index contributed by atoms with van der Waals surface area (Å²) in [6, 6.07) is 24.0. The number of benzene rings is 3. The molecule has 0 aliphatic rings. The molecule has 0 atom stereocenters. The van der Waals surface area contributed by atoms with Crippen molar-refractivity contribution in [2.24, 2.45) is 0 Å². The SMILES string of the molecule is Cc1ccc(CCNC(=O)c2cc(-c3cnn(-c4ccc(F)cc4)c3C)nc3ccccc23)cc1. The van der Waals surface area contributed by atoms with Crippen LogP contribution in [0.3, 0.4) is 0 Å². The summed E-state index contributed by atoms with van der Waals surface area (Å²) < 4.78 is 15.1. The maximum atomic E-state index is 13.4. The second kappa shape index (κ2) is 9.50. The fraction of sp³-hybridized carbons (Fsp3) is 0.138. The number of nitrogens with one attached hydrogen (secondary N) is 1. The number of halogens is 1. The molecule has 0 saturated carbocycles. The molecule has 35 heavy (non-hydrogen) atoms. The second-order valence-electron chi connectivity index (χ2n) is 8.60. The molecule has 0 aliphatic carbocycles. The molecule has 0 saturated heterocycles. The van der Waals surface area contributed by atoms with Gasteiger partial charge in [-0.2, -0.15) is 5.10 Å². The number of para-hydroxylation sites is 1. The van der Waals surface area contributed by atoms with Crippen LogP contribution in [0.4, 0.5) is 4.39 Å². The minimum absolute atomic E-state index is 0.138. The van der Waals surface area contributed by atoms with Gasteiger partial charge >= 0.3 is 0 Å². The molecule has 0 bridgehead atoms. The van der Waals surface area contributed by atoms with Crippen molar-refractivity contribution in [3.63, 3.8) is 0 Å². The van der Waals surface area contributed by atoms with Crippen LogP contribution in [0.5, 0.6) is 0 Å². The summed E-state index contributed by atoms with van der Waals surface area (Å²) in [5.41, 5.74) is 6.79. The van der Waals surface area contributed by atoms with E-state index in [0.29, 0.717) is 17.8 Å². The summed E-state index contributed by atoms with van der Waals surface area (Å²) in [5, 5.41) is 8.35. The zero-order chi connectivity index (χ0) is 24.4. The number of aromatic nitrogens is 3. The minimum Gasteiger partial charge on any atom is -0.352 e. The molecular weight excluding hydrogens is 439 g/mol. The van der Waals surface area contributed by atoms with Crippen LogP contribution in [0.2, 0.25) is 0 Å². The Morgan fingerprint density at radius 2 is 1.71 bits per heavy atom. The number of fused-ring (bicyclic) bond motifs is 1. The van der Waals surface area contributed by atoms with E-state index in [2.05, 4.69) is 41.6 Å². The Morgan fingerprint density at radius 1 is 0.971 bits per heavy atom. The highest BCUT2D eigenvalue weighted by atomic mass is 19.1. The highest BCUT2D eigenvalue weighted by Gasteiger charge is 2.17. The molecule has 0 aliphatic heterocycles. The summed E-state index contributed by atoms with van der Waals surface area (Å²) in [5.74, 6) is -0.437. The number of pyridine rings is 1. The molecule has 5 nitrogen and oxygen atoms in total. The third-order valence-corrected chi connectivity index (χ3v) is 6.14. The lowest BCUT2D eigenvalue weighted by molar-refractivity contribution is 0.0955. The van der Waals surface area contributed by atoms with Gasteiger partial charge in [0.2, 0.25) is 0 Å². The van der Waals surface area contributed by atoms with Gasteiger partial charge in [-0.05, 0) is 62.2 Å². The topological polar surface area (TPSA) is 59.8 Å². The molecule has 0 radical (unpaired) electrons. The van der Waals surface area contributed by atoms with Crippen molar-refractivity contribution in [3.05, 3.63) is 113 Å². The molecule has 5 rings (SSSR count). The summed E-state index contributed by atoms with van der Waals surface area (Å²) >= 11 is 0. The molecule has 1 amide bonds. The van der Waals surface area contributed by atoms with Gasteiger partial charge in [-0.3, -0.25) is 4.79 Å². The van der Waals surface area contributed by atoms with Crippen LogP contribution in [0.25, 0.3) is 27.8 Å². The van der Waals surface area contributed by atoms with E-state index in [-0.39, 0.29) is 11.7 Å². The molecule has 0 fully saturated rings. The molecule has 3 aromatic carbocycles. The van der Waals surface area contributed by atoms with Gasteiger partial charge in [0, 0.05) is 17.5 Å². The molecule has 2 aromatic heterocycles. The first-order valence-corrected chi connectivity index (χ1v) is 11.5. The van der Waals surface area contributed by atoms with E-state index in [9.17, 15) is 9.18 Å². The Bertz CT molecular complexity index is 1500. The van der Waals surface area contributed by atoms with E-state index < -0.39 is 0 Å². The van der Waals surface area contributed by atoms with E-state index in [1.54, 1.807) is 23.0 Å². The van der Waals surface area contributed by atoms with Gasteiger partial charge in [-0.1, -0.05) is 48.0 Å². The van der Waals surface area contributed by atoms with Crippen molar-refractivity contribution in [2.45, 2.75) is 20.3 Å². The zero-order valence-corrected chi connectivity index (χ0v) is 19.6. The van der Waals surface area contributed by atoms with Gasteiger partial charge in [-0.15, -0.1) is 0 Å². The highest BCUT2D eigenvalue weighted by Crippen LogP contribution is 2.28. The molecule has 174 valence electrons. The first kappa shape index (κ1) is 22.5. The van der Waals surface area contributed by atoms with Crippen molar-refractivity contribution in [1.82, 2.24) is 20.1 Å². The Hall–Kier alpha value is -4.32. The largest absolute Gasteiger partial charge is 0.352 e. The number of rotatable bonds is 6. The summed E-state index contributed by atoms with van der Waals surface area (Å²) in [6.07, 6.45) is 2.49. The van der Waals surface area contributed by atoms with E-state index in [4.69, 9.17) is 4.98 Å². The molecule has 1 N–H and O–H groups in total. The fourth-order valence-corrected chi connectivity index (χ4v) is 4.18. The standard InChI is InChI=1S/C29H25FN4O/c1-19-7-9-21(10-8-19)15-16-31-29(35)25-17-28(33-27-6-4-3-5-24(25)27)26-18-32-34(20(26)2)23-13-11-22(30)12-14-23/h3-14,17-18H,15-16H2,1-2H3,(H,31,35). The number of aryl methyl sites for hydroxylation is 1. The lowest BCUT2D eigenvalue weighted by Crippen LogP contribution is -2.26. The van der Waals surface area contributed by atoms with Crippen molar-refractivity contribution >= 4 is 16.8 Å². The van der Waals surface area contributed by atoms with Crippen LogP contribution in [0.15, 0.2) is 85.1 Å². The van der Waals surface area contributed by atoms with Crippen molar-refractivity contribution in [3.8, 4) is 16.9 Å². The van der Waals surface area contributed by atoms with E-state index in [1.807, 2.05) is 37.3 Å². The van der Waals surface area contributed by atoms with Crippen molar-refractivity contribution in [2.75, 3.05) is 6.54 Å². The van der Waals surface area contributed by atoms with Crippen LogP contribution in [0.1, 0.15) is 27.2 Å². The average molecular weight is 465 g/mol. The van der Waals surface area contributed by atoms with Crippen LogP contribution in [0, 0.1) is 19.7 Å². The van der Waals surface area contributed by atoms with Crippen LogP contribution >= 0.6 is 0 Å². The monoisotopic (exact) mass is 464 g/mol. The number of carbonyl (C=O) groups excluding carboxylic acids is 1. The number of amides is 1. The summed E-state index contributed by atoms with van der Waals surface area (Å²) in [7, 11) is 0. The van der Waals surface area contributed by atoms with E-state index in [1.165, 1.54) is 23.3 Å². The van der Waals surface area contributed by atoms with E-state index in [0.717, 1.165) is 34.3 Å². The van der Waals surface area contributed by atoms with Gasteiger partial charge in [0.15, 0.2) is 0 Å². The normalized spacial score (nSPS) is 11.1. The fourth-order valence-electron chi connectivity index (χ4n) is 4.18. The van der Waals surface area contributed by atoms with Crippen molar-refractivity contribution < 1.29 is 9.18 Å². The molecule has 6 heteroatoms. The lowest BCUT2D eigenvalue weighted by Gasteiger charge is -2.11. The zero-order valence-electron chi connectivity index (χ0n) is 19.6. The Labute approximate surface area is 203 Å². The van der Waals surface area contributed by atoms with Crippen LogP contribution in [-0.4, -0.2) is 27.2 Å². The van der Waals surface area contributed by atoms with Crippen molar-refractivity contribution in [1.29, 1.82) is 0 Å². The van der Waals surface area contributed by atoms with Gasteiger partial charge in [-0.25, -0.2) is 14.1 Å². The predicted octanol–water partition coefficient (Wildman–Crippen LogP) is 5.82. The Morgan fingerprint density at radius 3 is 2.49 bits per heavy atom. The quantitative estimate of drug-likeness (QED) is 0.345. The highest BCUT2D eigenvalue weighted by molar-refractivity contribution is 6.07. The molecule has 5 aromatic rings. The Kier molecular flexibility index (Phi) is 6.10. The lowest BCUT2D eigenvalue weighted by atomic mass is 10.0. The average Bonchev–Trinajstić information content (AvgIpc) is 3.26. The maximum Gasteiger partial charge on any atom is 0.252 e. The van der Waals surface area contributed by atoms with E-state index >= 15 is 0 Å². The molecular formula is C29H25FN4O. The van der Waals surface area contributed by atoms with Gasteiger partial charge in [0.25, 0.3) is 5.91 Å². The number of hydrogen-bond donors (Lipinski definition) is 1. The first-order chi connectivity index (χ1) is 17.0. The third kappa shape index (κ3) is 4.68. The first-order valence-electron chi connectivity index (χ1n) is 11.5. The molecule has 2 heterocycles.